The van der Waals surface area contributed by atoms with Gasteiger partial charge in [0.05, 0.1) is 6.61 Å². The predicted octanol–water partition coefficient (Wildman–Crippen LogP) is 3.17. The Morgan fingerprint density at radius 2 is 1.86 bits per heavy atom. The molecule has 3 atom stereocenters. The van der Waals surface area contributed by atoms with E-state index in [0.29, 0.717) is 6.04 Å². The third-order valence-electron chi connectivity index (χ3n) is 5.60. The van der Waals surface area contributed by atoms with Gasteiger partial charge in [-0.2, -0.15) is 0 Å². The van der Waals surface area contributed by atoms with Crippen molar-refractivity contribution < 1.29 is 5.11 Å². The maximum absolute atomic E-state index is 9.64. The highest BCUT2D eigenvalue weighted by Crippen LogP contribution is 2.28. The number of aliphatic hydroxyl groups is 1. The first-order valence-corrected chi connectivity index (χ1v) is 9.13. The van der Waals surface area contributed by atoms with Crippen molar-refractivity contribution in [3.05, 3.63) is 0 Å². The summed E-state index contributed by atoms with van der Waals surface area (Å²) >= 11 is 0. The molecule has 2 fully saturated rings. The van der Waals surface area contributed by atoms with E-state index in [1.807, 2.05) is 0 Å². The van der Waals surface area contributed by atoms with E-state index in [2.05, 4.69) is 31.1 Å². The van der Waals surface area contributed by atoms with Crippen molar-refractivity contribution in [2.45, 2.75) is 89.3 Å². The fourth-order valence-corrected chi connectivity index (χ4v) is 3.91. The number of hydrogen-bond acceptors (Lipinski definition) is 3. The molecule has 0 spiro atoms. The fraction of sp³-hybridized carbons (Fsp3) is 1.00. The molecule has 2 aliphatic carbocycles. The Morgan fingerprint density at radius 3 is 2.48 bits per heavy atom. The van der Waals surface area contributed by atoms with Crippen LogP contribution in [0.15, 0.2) is 0 Å². The first-order chi connectivity index (χ1) is 10.0. The molecule has 124 valence electrons. The van der Waals surface area contributed by atoms with Crippen molar-refractivity contribution in [2.24, 2.45) is 5.92 Å². The van der Waals surface area contributed by atoms with Crippen LogP contribution in [0, 0.1) is 5.92 Å². The minimum atomic E-state index is -0.0577. The lowest BCUT2D eigenvalue weighted by molar-refractivity contribution is 0.131. The average molecular weight is 296 g/mol. The molecule has 0 aromatic carbocycles. The van der Waals surface area contributed by atoms with Gasteiger partial charge in [-0.1, -0.05) is 26.2 Å². The number of rotatable bonds is 9. The van der Waals surface area contributed by atoms with Crippen LogP contribution in [-0.4, -0.2) is 47.8 Å². The average Bonchev–Trinajstić information content (AvgIpc) is 3.27. The summed E-state index contributed by atoms with van der Waals surface area (Å²) in [5.74, 6) is 0.864. The van der Waals surface area contributed by atoms with Crippen molar-refractivity contribution >= 4 is 0 Å². The van der Waals surface area contributed by atoms with E-state index in [1.54, 1.807) is 0 Å². The fourth-order valence-electron chi connectivity index (χ4n) is 3.91. The molecule has 0 aromatic rings. The molecule has 2 aliphatic rings. The zero-order valence-corrected chi connectivity index (χ0v) is 14.4. The van der Waals surface area contributed by atoms with Crippen molar-refractivity contribution in [3.63, 3.8) is 0 Å². The van der Waals surface area contributed by atoms with Gasteiger partial charge in [-0.25, -0.2) is 0 Å². The Hall–Kier alpha value is -0.120. The highest BCUT2D eigenvalue weighted by molar-refractivity contribution is 4.92. The summed E-state index contributed by atoms with van der Waals surface area (Å²) in [6.07, 6.45) is 11.8. The van der Waals surface area contributed by atoms with Crippen molar-refractivity contribution in [1.82, 2.24) is 10.2 Å². The summed E-state index contributed by atoms with van der Waals surface area (Å²) in [6.45, 7) is 6.07. The molecule has 0 aromatic heterocycles. The summed E-state index contributed by atoms with van der Waals surface area (Å²) in [6, 6.07) is 1.47. The van der Waals surface area contributed by atoms with E-state index in [1.165, 1.54) is 57.9 Å². The van der Waals surface area contributed by atoms with Crippen LogP contribution >= 0.6 is 0 Å². The Kier molecular flexibility index (Phi) is 6.51. The molecule has 3 nitrogen and oxygen atoms in total. The normalized spacial score (nSPS) is 29.6. The molecular weight excluding hydrogens is 260 g/mol. The van der Waals surface area contributed by atoms with Crippen LogP contribution in [0.4, 0.5) is 0 Å². The summed E-state index contributed by atoms with van der Waals surface area (Å²) in [5, 5.41) is 13.2. The highest BCUT2D eigenvalue weighted by atomic mass is 16.3. The number of aliphatic hydroxyl groups excluding tert-OH is 1. The molecule has 0 bridgehead atoms. The third kappa shape index (κ3) is 5.54. The standard InChI is InChI=1S/C18H36N2O/c1-15-8-4-5-9-17(15)20(3)13-7-6-12-18(2,14-21)19-16-10-11-16/h15-17,19,21H,4-14H2,1-3H3. The molecule has 2 saturated carbocycles. The molecule has 0 aliphatic heterocycles. The topological polar surface area (TPSA) is 35.5 Å². The SMILES string of the molecule is CC1CCCCC1N(C)CCCCC(C)(CO)NC1CC1. The Bertz CT molecular complexity index is 306. The first-order valence-electron chi connectivity index (χ1n) is 9.13. The zero-order valence-electron chi connectivity index (χ0n) is 14.4. The molecule has 0 saturated heterocycles. The van der Waals surface area contributed by atoms with Crippen molar-refractivity contribution in [1.29, 1.82) is 0 Å². The smallest absolute Gasteiger partial charge is 0.0610 e. The lowest BCUT2D eigenvalue weighted by Crippen LogP contribution is -2.47. The van der Waals surface area contributed by atoms with Gasteiger partial charge in [0.1, 0.15) is 0 Å². The van der Waals surface area contributed by atoms with E-state index < -0.39 is 0 Å². The highest BCUT2D eigenvalue weighted by Gasteiger charge is 2.31. The molecule has 0 radical (unpaired) electrons. The lowest BCUT2D eigenvalue weighted by Gasteiger charge is -2.36. The molecule has 2 rings (SSSR count). The third-order valence-corrected chi connectivity index (χ3v) is 5.60. The number of unbranched alkanes of at least 4 members (excludes halogenated alkanes) is 1. The van der Waals surface area contributed by atoms with E-state index in [4.69, 9.17) is 0 Å². The summed E-state index contributed by atoms with van der Waals surface area (Å²) in [4.78, 5) is 2.59. The summed E-state index contributed by atoms with van der Waals surface area (Å²) in [7, 11) is 2.31. The second-order valence-corrected chi connectivity index (χ2v) is 7.90. The number of hydrogen-bond donors (Lipinski definition) is 2. The van der Waals surface area contributed by atoms with E-state index in [-0.39, 0.29) is 12.1 Å². The van der Waals surface area contributed by atoms with Crippen molar-refractivity contribution in [3.8, 4) is 0 Å². The molecule has 0 amide bonds. The van der Waals surface area contributed by atoms with Gasteiger partial charge in [0, 0.05) is 17.6 Å². The van der Waals surface area contributed by atoms with E-state index >= 15 is 0 Å². The van der Waals surface area contributed by atoms with Gasteiger partial charge in [-0.05, 0) is 65.0 Å². The van der Waals surface area contributed by atoms with Gasteiger partial charge in [0.15, 0.2) is 0 Å². The Morgan fingerprint density at radius 1 is 1.14 bits per heavy atom. The van der Waals surface area contributed by atoms with Crippen LogP contribution in [0.3, 0.4) is 0 Å². The predicted molar refractivity (Wildman–Crippen MR) is 89.5 cm³/mol. The van der Waals surface area contributed by atoms with Crippen LogP contribution in [-0.2, 0) is 0 Å². The second kappa shape index (κ2) is 7.94. The van der Waals surface area contributed by atoms with E-state index in [9.17, 15) is 5.11 Å². The van der Waals surface area contributed by atoms with Gasteiger partial charge >= 0.3 is 0 Å². The second-order valence-electron chi connectivity index (χ2n) is 7.90. The largest absolute Gasteiger partial charge is 0.394 e. The maximum atomic E-state index is 9.64. The molecule has 2 N–H and O–H groups in total. The van der Waals surface area contributed by atoms with Gasteiger partial charge in [-0.3, -0.25) is 0 Å². The number of nitrogens with zero attached hydrogens (tertiary/aromatic N) is 1. The van der Waals surface area contributed by atoms with Gasteiger partial charge in [0.2, 0.25) is 0 Å². The van der Waals surface area contributed by atoms with Crippen LogP contribution in [0.1, 0.15) is 71.6 Å². The minimum Gasteiger partial charge on any atom is -0.394 e. The Labute approximate surface area is 131 Å². The quantitative estimate of drug-likeness (QED) is 0.642. The molecule has 3 heteroatoms. The molecule has 0 heterocycles. The van der Waals surface area contributed by atoms with Crippen LogP contribution in [0.2, 0.25) is 0 Å². The number of nitrogens with one attached hydrogen (secondary N) is 1. The van der Waals surface area contributed by atoms with Gasteiger partial charge in [0.25, 0.3) is 0 Å². The summed E-state index contributed by atoms with van der Waals surface area (Å²) in [5.41, 5.74) is -0.0577. The van der Waals surface area contributed by atoms with Crippen LogP contribution in [0.25, 0.3) is 0 Å². The van der Waals surface area contributed by atoms with Crippen LogP contribution in [0.5, 0.6) is 0 Å². The summed E-state index contributed by atoms with van der Waals surface area (Å²) < 4.78 is 0. The lowest BCUT2D eigenvalue weighted by atomic mass is 9.85. The minimum absolute atomic E-state index is 0.0577. The van der Waals surface area contributed by atoms with Gasteiger partial charge < -0.3 is 15.3 Å². The monoisotopic (exact) mass is 296 g/mol. The van der Waals surface area contributed by atoms with Crippen LogP contribution < -0.4 is 5.32 Å². The molecular formula is C18H36N2O. The Balaban J connectivity index is 1.63. The van der Waals surface area contributed by atoms with E-state index in [0.717, 1.165) is 18.4 Å². The maximum Gasteiger partial charge on any atom is 0.0610 e. The molecule has 3 unspecified atom stereocenters. The zero-order chi connectivity index (χ0) is 15.3. The molecule has 21 heavy (non-hydrogen) atoms. The first kappa shape index (κ1) is 17.2. The van der Waals surface area contributed by atoms with Gasteiger partial charge in [-0.15, -0.1) is 0 Å². The van der Waals surface area contributed by atoms with Crippen molar-refractivity contribution in [2.75, 3.05) is 20.2 Å².